The zero-order valence-electron chi connectivity index (χ0n) is 15.1. The van der Waals surface area contributed by atoms with Crippen LogP contribution in [0.1, 0.15) is 44.3 Å². The summed E-state index contributed by atoms with van der Waals surface area (Å²) in [6.07, 6.45) is 5.22. The molecule has 1 aromatic rings. The van der Waals surface area contributed by atoms with Crippen molar-refractivity contribution in [2.24, 2.45) is 10.4 Å². The van der Waals surface area contributed by atoms with Gasteiger partial charge in [0.15, 0.2) is 5.96 Å². The van der Waals surface area contributed by atoms with Gasteiger partial charge in [0.05, 0.1) is 6.54 Å². The Labute approximate surface area is 167 Å². The highest BCUT2D eigenvalue weighted by atomic mass is 127. The van der Waals surface area contributed by atoms with Crippen LogP contribution in [0.15, 0.2) is 29.3 Å². The molecule has 1 heterocycles. The van der Waals surface area contributed by atoms with Crippen LogP contribution in [0.25, 0.3) is 0 Å². The fraction of sp³-hybridized carbons (Fsp3) is 0.632. The number of hydrogen-bond acceptors (Lipinski definition) is 2. The molecule has 1 saturated carbocycles. The normalized spacial score (nSPS) is 20.1. The molecular formula is C19H29FIN3O. The second-order valence-corrected chi connectivity index (χ2v) is 7.00. The molecule has 4 nitrogen and oxygen atoms in total. The highest BCUT2D eigenvalue weighted by Gasteiger charge is 2.43. The van der Waals surface area contributed by atoms with Crippen molar-refractivity contribution in [2.45, 2.75) is 38.7 Å². The van der Waals surface area contributed by atoms with Crippen LogP contribution >= 0.6 is 24.0 Å². The molecule has 0 bridgehead atoms. The second-order valence-electron chi connectivity index (χ2n) is 7.00. The highest BCUT2D eigenvalue weighted by molar-refractivity contribution is 14.0. The van der Waals surface area contributed by atoms with E-state index in [-0.39, 0.29) is 35.9 Å². The van der Waals surface area contributed by atoms with Crippen molar-refractivity contribution in [3.63, 3.8) is 0 Å². The minimum Gasteiger partial charge on any atom is -0.375 e. The Morgan fingerprint density at radius 1 is 1.32 bits per heavy atom. The Morgan fingerprint density at radius 3 is 2.56 bits per heavy atom. The number of ether oxygens (including phenoxy) is 1. The Bertz CT molecular complexity index is 575. The first kappa shape index (κ1) is 20.4. The summed E-state index contributed by atoms with van der Waals surface area (Å²) < 4.78 is 18.7. The molecule has 1 spiro atoms. The minimum absolute atomic E-state index is 0. The third-order valence-electron chi connectivity index (χ3n) is 5.42. The Morgan fingerprint density at radius 2 is 2.04 bits per heavy atom. The van der Waals surface area contributed by atoms with Crippen molar-refractivity contribution >= 4 is 29.9 Å². The highest BCUT2D eigenvalue weighted by Crippen LogP contribution is 2.47. The molecule has 0 amide bonds. The molecule has 1 unspecified atom stereocenters. The molecule has 1 aliphatic heterocycles. The van der Waals surface area contributed by atoms with E-state index in [0.29, 0.717) is 12.0 Å². The first-order chi connectivity index (χ1) is 11.7. The van der Waals surface area contributed by atoms with Crippen LogP contribution in [-0.2, 0) is 4.74 Å². The van der Waals surface area contributed by atoms with Crippen molar-refractivity contribution in [2.75, 3.05) is 33.3 Å². The number of methoxy groups -OCH3 is 1. The summed E-state index contributed by atoms with van der Waals surface area (Å²) in [6.45, 7) is 5.69. The van der Waals surface area contributed by atoms with Gasteiger partial charge in [0.2, 0.25) is 0 Å². The van der Waals surface area contributed by atoms with Crippen LogP contribution < -0.4 is 5.32 Å². The molecule has 25 heavy (non-hydrogen) atoms. The maximum atomic E-state index is 13.1. The fourth-order valence-corrected chi connectivity index (χ4v) is 3.79. The summed E-state index contributed by atoms with van der Waals surface area (Å²) in [5.74, 6) is 0.749. The number of nitrogens with one attached hydrogen (secondary N) is 1. The van der Waals surface area contributed by atoms with Crippen molar-refractivity contribution in [1.82, 2.24) is 10.2 Å². The van der Waals surface area contributed by atoms with Gasteiger partial charge in [-0.2, -0.15) is 0 Å². The first-order valence-corrected chi connectivity index (χ1v) is 8.97. The molecule has 2 aliphatic rings. The van der Waals surface area contributed by atoms with E-state index in [0.717, 1.165) is 31.2 Å². The van der Waals surface area contributed by atoms with Gasteiger partial charge in [-0.1, -0.05) is 18.6 Å². The Kier molecular flexibility index (Phi) is 7.49. The van der Waals surface area contributed by atoms with E-state index in [4.69, 9.17) is 9.73 Å². The summed E-state index contributed by atoms with van der Waals surface area (Å²) in [5, 5.41) is 3.41. The largest absolute Gasteiger partial charge is 0.375 e. The number of rotatable bonds is 5. The summed E-state index contributed by atoms with van der Waals surface area (Å²) >= 11 is 0. The minimum atomic E-state index is -0.228. The molecule has 1 aromatic carbocycles. The molecule has 140 valence electrons. The lowest BCUT2D eigenvalue weighted by atomic mass is 9.68. The lowest BCUT2D eigenvalue weighted by Gasteiger charge is -2.38. The maximum absolute atomic E-state index is 13.1. The molecule has 1 atom stereocenters. The summed E-state index contributed by atoms with van der Waals surface area (Å²) in [5.41, 5.74) is 1.50. The number of benzene rings is 1. The van der Waals surface area contributed by atoms with E-state index in [1.807, 2.05) is 0 Å². The predicted molar refractivity (Wildman–Crippen MR) is 110 cm³/mol. The number of nitrogens with zero attached hydrogens (tertiary/aromatic N) is 2. The van der Waals surface area contributed by atoms with Gasteiger partial charge in [-0.15, -0.1) is 24.0 Å². The van der Waals surface area contributed by atoms with Crippen molar-refractivity contribution in [3.05, 3.63) is 35.6 Å². The lowest BCUT2D eigenvalue weighted by Crippen LogP contribution is -2.42. The third kappa shape index (κ3) is 4.84. The lowest BCUT2D eigenvalue weighted by molar-refractivity contribution is 0.110. The van der Waals surface area contributed by atoms with E-state index in [1.165, 1.54) is 37.8 Å². The van der Waals surface area contributed by atoms with Crippen molar-refractivity contribution < 1.29 is 9.13 Å². The van der Waals surface area contributed by atoms with E-state index in [2.05, 4.69) is 17.1 Å². The molecule has 0 aromatic heterocycles. The van der Waals surface area contributed by atoms with Gasteiger partial charge in [0.1, 0.15) is 11.9 Å². The van der Waals surface area contributed by atoms with E-state index < -0.39 is 0 Å². The molecule has 1 aliphatic carbocycles. The smallest absolute Gasteiger partial charge is 0.194 e. The van der Waals surface area contributed by atoms with Gasteiger partial charge in [-0.05, 0) is 49.3 Å². The average Bonchev–Trinajstić information content (AvgIpc) is 3.02. The van der Waals surface area contributed by atoms with Crippen LogP contribution in [0.5, 0.6) is 0 Å². The zero-order valence-corrected chi connectivity index (χ0v) is 17.5. The van der Waals surface area contributed by atoms with Crippen LogP contribution in [0.2, 0.25) is 0 Å². The fourth-order valence-electron chi connectivity index (χ4n) is 3.79. The second kappa shape index (κ2) is 9.16. The average molecular weight is 461 g/mol. The number of hydrogen-bond donors (Lipinski definition) is 1. The van der Waals surface area contributed by atoms with Crippen LogP contribution in [-0.4, -0.2) is 44.1 Å². The molecule has 0 radical (unpaired) electrons. The first-order valence-electron chi connectivity index (χ1n) is 8.97. The molecule has 6 heteroatoms. The van der Waals surface area contributed by atoms with Gasteiger partial charge < -0.3 is 15.0 Å². The third-order valence-corrected chi connectivity index (χ3v) is 5.42. The molecule has 1 N–H and O–H groups in total. The van der Waals surface area contributed by atoms with E-state index >= 15 is 0 Å². The molecule has 1 saturated heterocycles. The quantitative estimate of drug-likeness (QED) is 0.410. The van der Waals surface area contributed by atoms with Crippen LogP contribution in [0.4, 0.5) is 4.39 Å². The van der Waals surface area contributed by atoms with Gasteiger partial charge in [0.25, 0.3) is 0 Å². The van der Waals surface area contributed by atoms with Crippen molar-refractivity contribution in [1.29, 1.82) is 0 Å². The molecule has 2 fully saturated rings. The summed E-state index contributed by atoms with van der Waals surface area (Å²) in [6, 6.07) is 6.48. The topological polar surface area (TPSA) is 36.9 Å². The van der Waals surface area contributed by atoms with Crippen LogP contribution in [0, 0.1) is 11.2 Å². The molecular weight excluding hydrogens is 432 g/mol. The molecule has 3 rings (SSSR count). The van der Waals surface area contributed by atoms with Crippen molar-refractivity contribution in [3.8, 4) is 0 Å². The van der Waals surface area contributed by atoms with Gasteiger partial charge in [0, 0.05) is 26.7 Å². The summed E-state index contributed by atoms with van der Waals surface area (Å²) in [4.78, 5) is 7.19. The number of guanidine groups is 1. The van der Waals surface area contributed by atoms with Gasteiger partial charge in [-0.3, -0.25) is 4.99 Å². The zero-order chi connectivity index (χ0) is 17.0. The SMILES string of the molecule is CCNC(=NCC(OC)c1ccc(F)cc1)N1CCC2(CCC2)C1.I. The summed E-state index contributed by atoms with van der Waals surface area (Å²) in [7, 11) is 1.68. The standard InChI is InChI=1S/C19H28FN3O.HI/c1-3-21-18(23-12-11-19(14-23)9-4-10-19)22-13-17(24-2)15-5-7-16(20)8-6-15;/h5-8,17H,3-4,9-14H2,1-2H3,(H,21,22);1H. The van der Waals surface area contributed by atoms with Gasteiger partial charge in [-0.25, -0.2) is 4.39 Å². The van der Waals surface area contributed by atoms with E-state index in [9.17, 15) is 4.39 Å². The van der Waals surface area contributed by atoms with Crippen LogP contribution in [0.3, 0.4) is 0 Å². The Hall–Kier alpha value is -0.890. The maximum Gasteiger partial charge on any atom is 0.194 e. The number of likely N-dealkylation sites (tertiary alicyclic amines) is 1. The monoisotopic (exact) mass is 461 g/mol. The predicted octanol–water partition coefficient (Wildman–Crippen LogP) is 3.97. The van der Waals surface area contributed by atoms with E-state index in [1.54, 1.807) is 19.2 Å². The number of halogens is 2. The number of aliphatic imine (C=N–C) groups is 1. The van der Waals surface area contributed by atoms with Gasteiger partial charge >= 0.3 is 0 Å². The Balaban J connectivity index is 0.00000225.